The molecular formula is C11H15N5O2. The Kier molecular flexibility index (Phi) is 2.85. The number of rotatable bonds is 3. The van der Waals surface area contributed by atoms with Crippen LogP contribution in [0.4, 0.5) is 5.82 Å². The number of aromatic nitrogens is 4. The second kappa shape index (κ2) is 4.51. The number of nitrogens with zero attached hydrogens (tertiary/aromatic N) is 4. The third-order valence-corrected chi connectivity index (χ3v) is 3.25. The molecule has 3 heterocycles. The summed E-state index contributed by atoms with van der Waals surface area (Å²) in [6, 6.07) is 0.173. The summed E-state index contributed by atoms with van der Waals surface area (Å²) in [5.41, 5.74) is 1.55. The van der Waals surface area contributed by atoms with Crippen molar-refractivity contribution in [2.45, 2.75) is 18.6 Å². The van der Waals surface area contributed by atoms with Crippen LogP contribution in [0.1, 0.15) is 12.5 Å². The van der Waals surface area contributed by atoms with Crippen LogP contribution in [0.2, 0.25) is 0 Å². The lowest BCUT2D eigenvalue weighted by Crippen LogP contribution is -2.11. The van der Waals surface area contributed by atoms with Gasteiger partial charge in [0.2, 0.25) is 0 Å². The van der Waals surface area contributed by atoms with Crippen LogP contribution < -0.4 is 5.32 Å². The minimum absolute atomic E-state index is 0.0554. The Morgan fingerprint density at radius 1 is 1.50 bits per heavy atom. The first-order valence-electron chi connectivity index (χ1n) is 5.91. The van der Waals surface area contributed by atoms with Crippen LogP contribution in [-0.4, -0.2) is 51.0 Å². The Morgan fingerprint density at radius 3 is 3.11 bits per heavy atom. The molecule has 18 heavy (non-hydrogen) atoms. The molecule has 0 unspecified atom stereocenters. The fourth-order valence-electron chi connectivity index (χ4n) is 2.31. The van der Waals surface area contributed by atoms with Crippen molar-refractivity contribution >= 4 is 17.0 Å². The molecule has 7 heteroatoms. The first-order valence-corrected chi connectivity index (χ1v) is 5.91. The van der Waals surface area contributed by atoms with Crippen LogP contribution in [0, 0.1) is 0 Å². The summed E-state index contributed by atoms with van der Waals surface area (Å²) in [5.74, 6) is 0.719. The number of fused-ring (bicyclic) bond motifs is 1. The topological polar surface area (TPSA) is 85.1 Å². The first-order chi connectivity index (χ1) is 8.83. The largest absolute Gasteiger partial charge is 0.394 e. The van der Waals surface area contributed by atoms with Crippen molar-refractivity contribution in [2.24, 2.45) is 0 Å². The van der Waals surface area contributed by atoms with Gasteiger partial charge in [0, 0.05) is 7.05 Å². The zero-order valence-electron chi connectivity index (χ0n) is 10.1. The minimum atomic E-state index is -0.0851. The molecule has 1 aliphatic rings. The number of ether oxygens (including phenoxy) is 1. The maximum Gasteiger partial charge on any atom is 0.165 e. The number of nitrogens with one attached hydrogen (secondary N) is 1. The quantitative estimate of drug-likeness (QED) is 0.807. The molecule has 0 saturated carbocycles. The molecular weight excluding hydrogens is 234 g/mol. The van der Waals surface area contributed by atoms with Gasteiger partial charge >= 0.3 is 0 Å². The summed E-state index contributed by atoms with van der Waals surface area (Å²) in [6.45, 7) is 0.634. The second-order valence-corrected chi connectivity index (χ2v) is 4.32. The Morgan fingerprint density at radius 2 is 2.39 bits per heavy atom. The van der Waals surface area contributed by atoms with Gasteiger partial charge in [-0.2, -0.15) is 0 Å². The fraction of sp³-hybridized carbons (Fsp3) is 0.545. The van der Waals surface area contributed by atoms with Crippen LogP contribution >= 0.6 is 0 Å². The molecule has 2 aromatic heterocycles. The van der Waals surface area contributed by atoms with Gasteiger partial charge in [-0.05, 0) is 6.42 Å². The third kappa shape index (κ3) is 1.72. The molecule has 2 atom stereocenters. The molecule has 0 aromatic carbocycles. The number of hydrogen-bond acceptors (Lipinski definition) is 6. The summed E-state index contributed by atoms with van der Waals surface area (Å²) >= 11 is 0. The van der Waals surface area contributed by atoms with Crippen molar-refractivity contribution in [3.8, 4) is 0 Å². The van der Waals surface area contributed by atoms with Crippen molar-refractivity contribution in [1.29, 1.82) is 0 Å². The number of imidazole rings is 1. The van der Waals surface area contributed by atoms with Gasteiger partial charge in [-0.1, -0.05) is 0 Å². The molecule has 2 N–H and O–H groups in total. The zero-order chi connectivity index (χ0) is 12.5. The van der Waals surface area contributed by atoms with E-state index in [1.54, 1.807) is 13.4 Å². The van der Waals surface area contributed by atoms with Crippen molar-refractivity contribution in [3.63, 3.8) is 0 Å². The Labute approximate surface area is 104 Å². The van der Waals surface area contributed by atoms with Gasteiger partial charge in [0.25, 0.3) is 0 Å². The van der Waals surface area contributed by atoms with Gasteiger partial charge < -0.3 is 19.7 Å². The van der Waals surface area contributed by atoms with E-state index in [0.717, 1.165) is 23.4 Å². The Balaban J connectivity index is 1.98. The number of aliphatic hydroxyl groups is 1. The molecule has 1 fully saturated rings. The van der Waals surface area contributed by atoms with E-state index in [-0.39, 0.29) is 18.8 Å². The van der Waals surface area contributed by atoms with E-state index in [9.17, 15) is 0 Å². The average Bonchev–Trinajstić information content (AvgIpc) is 3.03. The molecule has 0 aliphatic carbocycles. The molecule has 1 aliphatic heterocycles. The third-order valence-electron chi connectivity index (χ3n) is 3.25. The van der Waals surface area contributed by atoms with Gasteiger partial charge in [0.05, 0.1) is 31.7 Å². The Bertz CT molecular complexity index is 555. The molecule has 3 rings (SSSR count). The molecule has 0 radical (unpaired) electrons. The van der Waals surface area contributed by atoms with Crippen molar-refractivity contribution in [1.82, 2.24) is 19.5 Å². The smallest absolute Gasteiger partial charge is 0.165 e. The van der Waals surface area contributed by atoms with E-state index >= 15 is 0 Å². The standard InChI is InChI=1S/C11H15N5O2/c1-12-10-9-11(14-5-13-10)16(6-15-9)7-2-8(3-17)18-4-7/h5-8,17H,2-4H2,1H3,(H,12,13,14)/t7-,8-/m1/s1. The van der Waals surface area contributed by atoms with Crippen molar-refractivity contribution < 1.29 is 9.84 Å². The molecule has 0 bridgehead atoms. The predicted molar refractivity (Wildman–Crippen MR) is 65.3 cm³/mol. The normalized spacial score (nSPS) is 23.7. The van der Waals surface area contributed by atoms with E-state index in [1.165, 1.54) is 6.33 Å². The van der Waals surface area contributed by atoms with Crippen molar-refractivity contribution in [3.05, 3.63) is 12.7 Å². The minimum Gasteiger partial charge on any atom is -0.394 e. The van der Waals surface area contributed by atoms with Crippen molar-refractivity contribution in [2.75, 3.05) is 25.6 Å². The van der Waals surface area contributed by atoms with Crippen LogP contribution in [-0.2, 0) is 4.74 Å². The van der Waals surface area contributed by atoms with E-state index < -0.39 is 0 Å². The summed E-state index contributed by atoms with van der Waals surface area (Å²) in [5, 5.41) is 12.1. The second-order valence-electron chi connectivity index (χ2n) is 4.32. The lowest BCUT2D eigenvalue weighted by Gasteiger charge is -2.10. The zero-order valence-corrected chi connectivity index (χ0v) is 10.1. The molecule has 1 saturated heterocycles. The van der Waals surface area contributed by atoms with Crippen LogP contribution in [0.3, 0.4) is 0 Å². The number of hydrogen-bond donors (Lipinski definition) is 2. The number of aliphatic hydroxyl groups excluding tert-OH is 1. The highest BCUT2D eigenvalue weighted by atomic mass is 16.5. The van der Waals surface area contributed by atoms with Gasteiger partial charge in [-0.15, -0.1) is 0 Å². The summed E-state index contributed by atoms with van der Waals surface area (Å²) < 4.78 is 7.48. The van der Waals surface area contributed by atoms with E-state index in [4.69, 9.17) is 9.84 Å². The van der Waals surface area contributed by atoms with Crippen LogP contribution in [0.5, 0.6) is 0 Å². The van der Waals surface area contributed by atoms with E-state index in [2.05, 4.69) is 20.3 Å². The average molecular weight is 249 g/mol. The van der Waals surface area contributed by atoms with Gasteiger partial charge in [0.15, 0.2) is 11.5 Å². The molecule has 0 amide bonds. The lowest BCUT2D eigenvalue weighted by molar-refractivity contribution is 0.0576. The molecule has 2 aromatic rings. The summed E-state index contributed by atoms with van der Waals surface area (Å²) in [7, 11) is 1.81. The Hall–Kier alpha value is -1.73. The van der Waals surface area contributed by atoms with Gasteiger partial charge in [0.1, 0.15) is 11.8 Å². The van der Waals surface area contributed by atoms with E-state index in [0.29, 0.717) is 6.61 Å². The maximum atomic E-state index is 9.09. The summed E-state index contributed by atoms with van der Waals surface area (Å²) in [4.78, 5) is 12.7. The molecule has 0 spiro atoms. The maximum absolute atomic E-state index is 9.09. The SMILES string of the molecule is CNc1ncnc2c1ncn2[C@H]1CO[C@@H](CO)C1. The van der Waals surface area contributed by atoms with Gasteiger partial charge in [-0.3, -0.25) is 0 Å². The predicted octanol–water partition coefficient (Wildman–Crippen LogP) is 0.190. The highest BCUT2D eigenvalue weighted by Crippen LogP contribution is 2.28. The number of anilines is 1. The highest BCUT2D eigenvalue weighted by Gasteiger charge is 2.27. The monoisotopic (exact) mass is 249 g/mol. The van der Waals surface area contributed by atoms with Crippen LogP contribution in [0.25, 0.3) is 11.2 Å². The van der Waals surface area contributed by atoms with Gasteiger partial charge in [-0.25, -0.2) is 15.0 Å². The van der Waals surface area contributed by atoms with Crippen LogP contribution in [0.15, 0.2) is 12.7 Å². The highest BCUT2D eigenvalue weighted by molar-refractivity contribution is 5.82. The first kappa shape index (κ1) is 11.4. The fourth-order valence-corrected chi connectivity index (χ4v) is 2.31. The molecule has 7 nitrogen and oxygen atoms in total. The molecule has 96 valence electrons. The van der Waals surface area contributed by atoms with E-state index in [1.807, 2.05) is 4.57 Å². The summed E-state index contributed by atoms with van der Waals surface area (Å²) in [6.07, 6.45) is 3.97. The lowest BCUT2D eigenvalue weighted by atomic mass is 10.2.